The fourth-order valence-electron chi connectivity index (χ4n) is 3.87. The van der Waals surface area contributed by atoms with Gasteiger partial charge in [0.1, 0.15) is 11.9 Å². The van der Waals surface area contributed by atoms with Gasteiger partial charge in [0.2, 0.25) is 0 Å². The van der Waals surface area contributed by atoms with E-state index in [1.54, 1.807) is 11.0 Å². The average Bonchev–Trinajstić information content (AvgIpc) is 2.96. The molecule has 0 aromatic heterocycles. The molecule has 0 bridgehead atoms. The van der Waals surface area contributed by atoms with Crippen molar-refractivity contribution in [1.82, 2.24) is 0 Å². The zero-order valence-corrected chi connectivity index (χ0v) is 11.5. The number of rotatable bonds is 3. The molecular weight excluding hydrogens is 275 g/mol. The van der Waals surface area contributed by atoms with E-state index in [9.17, 15) is 19.1 Å². The van der Waals surface area contributed by atoms with E-state index in [1.807, 2.05) is 0 Å². The highest BCUT2D eigenvalue weighted by atomic mass is 19.1. The van der Waals surface area contributed by atoms with Crippen molar-refractivity contribution in [3.05, 3.63) is 29.6 Å². The summed E-state index contributed by atoms with van der Waals surface area (Å²) in [4.78, 5) is 24.8. The summed E-state index contributed by atoms with van der Waals surface area (Å²) < 4.78 is 13.9. The van der Waals surface area contributed by atoms with Crippen LogP contribution in [0.15, 0.2) is 18.2 Å². The maximum Gasteiger partial charge on any atom is 0.326 e. The molecule has 2 aliphatic rings. The highest BCUT2D eigenvalue weighted by Gasteiger charge is 2.48. The molecule has 1 aliphatic heterocycles. The van der Waals surface area contributed by atoms with Crippen molar-refractivity contribution in [3.8, 4) is 0 Å². The van der Waals surface area contributed by atoms with Crippen LogP contribution in [0.1, 0.15) is 29.6 Å². The van der Waals surface area contributed by atoms with Crippen LogP contribution in [0.3, 0.4) is 0 Å². The van der Waals surface area contributed by atoms with Crippen LogP contribution in [0, 0.1) is 17.7 Å². The summed E-state index contributed by atoms with van der Waals surface area (Å²) in [5, 5.41) is 9.54. The molecule has 112 valence electrons. The van der Waals surface area contributed by atoms with Crippen LogP contribution in [0.2, 0.25) is 0 Å². The number of primary amides is 1. The van der Waals surface area contributed by atoms with E-state index in [0.717, 1.165) is 25.3 Å². The number of anilines is 1. The maximum atomic E-state index is 13.9. The molecule has 0 radical (unpaired) electrons. The average molecular weight is 292 g/mol. The van der Waals surface area contributed by atoms with E-state index in [-0.39, 0.29) is 17.4 Å². The van der Waals surface area contributed by atoms with Gasteiger partial charge in [-0.3, -0.25) is 4.79 Å². The number of hydrogen-bond acceptors (Lipinski definition) is 3. The Morgan fingerprint density at radius 2 is 2.10 bits per heavy atom. The highest BCUT2D eigenvalue weighted by Crippen LogP contribution is 2.44. The molecule has 1 aliphatic carbocycles. The second-order valence-corrected chi connectivity index (χ2v) is 5.79. The Hall–Kier alpha value is -2.11. The Labute approximate surface area is 121 Å². The number of carbonyl (C=O) groups excluding carboxylic acids is 1. The summed E-state index contributed by atoms with van der Waals surface area (Å²) in [6.45, 7) is 0.533. The summed E-state index contributed by atoms with van der Waals surface area (Å²) in [5.41, 5.74) is 5.34. The fraction of sp³-hybridized carbons (Fsp3) is 0.467. The second-order valence-electron chi connectivity index (χ2n) is 5.79. The largest absolute Gasteiger partial charge is 0.480 e. The van der Waals surface area contributed by atoms with Gasteiger partial charge >= 0.3 is 5.97 Å². The summed E-state index contributed by atoms with van der Waals surface area (Å²) in [6, 6.07) is 3.50. The number of hydrogen-bond donors (Lipinski definition) is 2. The van der Waals surface area contributed by atoms with E-state index in [1.165, 1.54) is 6.07 Å². The minimum absolute atomic E-state index is 0.0616. The minimum atomic E-state index is -0.927. The predicted molar refractivity (Wildman–Crippen MR) is 74.5 cm³/mol. The zero-order valence-electron chi connectivity index (χ0n) is 11.5. The SMILES string of the molecule is NC(=O)c1c(F)cccc1N1CC2CCCC2C1C(=O)O. The van der Waals surface area contributed by atoms with E-state index in [0.29, 0.717) is 12.2 Å². The molecule has 3 rings (SSSR count). The first-order chi connectivity index (χ1) is 10.0. The third-order valence-corrected chi connectivity index (χ3v) is 4.69. The first-order valence-corrected chi connectivity index (χ1v) is 7.08. The van der Waals surface area contributed by atoms with Gasteiger partial charge in [-0.25, -0.2) is 9.18 Å². The predicted octanol–water partition coefficient (Wildman–Crippen LogP) is 1.61. The lowest BCUT2D eigenvalue weighted by Crippen LogP contribution is -2.40. The molecule has 6 heteroatoms. The fourth-order valence-corrected chi connectivity index (χ4v) is 3.87. The Kier molecular flexibility index (Phi) is 3.31. The molecular formula is C15H17FN2O3. The van der Waals surface area contributed by atoms with Crippen molar-refractivity contribution in [2.75, 3.05) is 11.4 Å². The lowest BCUT2D eigenvalue weighted by molar-refractivity contribution is -0.139. The third kappa shape index (κ3) is 2.14. The smallest absolute Gasteiger partial charge is 0.326 e. The molecule has 1 saturated heterocycles. The van der Waals surface area contributed by atoms with Crippen LogP contribution >= 0.6 is 0 Å². The van der Waals surface area contributed by atoms with Crippen molar-refractivity contribution >= 4 is 17.6 Å². The van der Waals surface area contributed by atoms with Crippen molar-refractivity contribution in [1.29, 1.82) is 0 Å². The van der Waals surface area contributed by atoms with Crippen molar-refractivity contribution in [3.63, 3.8) is 0 Å². The number of halogens is 1. The molecule has 3 N–H and O–H groups in total. The first kappa shape index (κ1) is 13.9. The number of fused-ring (bicyclic) bond motifs is 1. The lowest BCUT2D eigenvalue weighted by atomic mass is 9.94. The van der Waals surface area contributed by atoms with Crippen molar-refractivity contribution < 1.29 is 19.1 Å². The number of amides is 1. The molecule has 21 heavy (non-hydrogen) atoms. The number of carboxylic acid groups (broad SMARTS) is 1. The normalized spacial score (nSPS) is 27.7. The maximum absolute atomic E-state index is 13.9. The van der Waals surface area contributed by atoms with Crippen LogP contribution in [0.4, 0.5) is 10.1 Å². The van der Waals surface area contributed by atoms with E-state index < -0.39 is 23.7 Å². The number of carboxylic acids is 1. The zero-order chi connectivity index (χ0) is 15.1. The van der Waals surface area contributed by atoms with Gasteiger partial charge in [0.05, 0.1) is 11.3 Å². The van der Waals surface area contributed by atoms with Gasteiger partial charge in [-0.05, 0) is 36.8 Å². The summed E-state index contributed by atoms with van der Waals surface area (Å²) in [7, 11) is 0. The standard InChI is InChI=1S/C15H17FN2O3/c16-10-5-2-6-11(12(10)14(17)19)18-7-8-3-1-4-9(8)13(18)15(20)21/h2,5-6,8-9,13H,1,3-4,7H2,(H2,17,19)(H,20,21). The first-order valence-electron chi connectivity index (χ1n) is 7.08. The molecule has 1 saturated carbocycles. The second kappa shape index (κ2) is 5.02. The molecule has 1 aromatic rings. The molecule has 3 atom stereocenters. The van der Waals surface area contributed by atoms with Crippen LogP contribution in [0.25, 0.3) is 0 Å². The lowest BCUT2D eigenvalue weighted by Gasteiger charge is -2.28. The topological polar surface area (TPSA) is 83.6 Å². The van der Waals surface area contributed by atoms with Crippen LogP contribution in [0.5, 0.6) is 0 Å². The Morgan fingerprint density at radius 1 is 1.33 bits per heavy atom. The van der Waals surface area contributed by atoms with Crippen molar-refractivity contribution in [2.45, 2.75) is 25.3 Å². The van der Waals surface area contributed by atoms with E-state index in [4.69, 9.17) is 5.73 Å². The van der Waals surface area contributed by atoms with Gasteiger partial charge in [-0.15, -0.1) is 0 Å². The van der Waals surface area contributed by atoms with E-state index in [2.05, 4.69) is 0 Å². The van der Waals surface area contributed by atoms with Crippen molar-refractivity contribution in [2.24, 2.45) is 17.6 Å². The van der Waals surface area contributed by atoms with Gasteiger partial charge < -0.3 is 15.7 Å². The number of aliphatic carboxylic acids is 1. The highest BCUT2D eigenvalue weighted by molar-refractivity contribution is 5.99. The quantitative estimate of drug-likeness (QED) is 0.886. The molecule has 0 spiro atoms. The number of benzene rings is 1. The van der Waals surface area contributed by atoms with Gasteiger partial charge in [-0.1, -0.05) is 12.5 Å². The van der Waals surface area contributed by atoms with Gasteiger partial charge in [-0.2, -0.15) is 0 Å². The van der Waals surface area contributed by atoms with Crippen LogP contribution in [-0.2, 0) is 4.79 Å². The number of carbonyl (C=O) groups is 2. The van der Waals surface area contributed by atoms with Gasteiger partial charge in [0.15, 0.2) is 0 Å². The summed E-state index contributed by atoms with van der Waals surface area (Å²) >= 11 is 0. The van der Waals surface area contributed by atoms with E-state index >= 15 is 0 Å². The van der Waals surface area contributed by atoms with Crippen LogP contribution < -0.4 is 10.6 Å². The van der Waals surface area contributed by atoms with Crippen LogP contribution in [-0.4, -0.2) is 29.6 Å². The summed E-state index contributed by atoms with van der Waals surface area (Å²) in [6.07, 6.45) is 2.87. The van der Waals surface area contributed by atoms with Gasteiger partial charge in [0, 0.05) is 6.54 Å². The molecule has 5 nitrogen and oxygen atoms in total. The number of nitrogens with two attached hydrogens (primary N) is 1. The molecule has 1 heterocycles. The number of nitrogens with zero attached hydrogens (tertiary/aromatic N) is 1. The third-order valence-electron chi connectivity index (χ3n) is 4.69. The molecule has 3 unspecified atom stereocenters. The molecule has 1 aromatic carbocycles. The van der Waals surface area contributed by atoms with Gasteiger partial charge in [0.25, 0.3) is 5.91 Å². The molecule has 2 fully saturated rings. The Balaban J connectivity index is 2.06. The Bertz CT molecular complexity index is 605. The minimum Gasteiger partial charge on any atom is -0.480 e. The Morgan fingerprint density at radius 3 is 2.76 bits per heavy atom. The summed E-state index contributed by atoms with van der Waals surface area (Å²) in [5.74, 6) is -2.16. The monoisotopic (exact) mass is 292 g/mol. The molecule has 1 amide bonds.